The molecule has 1 aromatic rings. The van der Waals surface area contributed by atoms with E-state index in [2.05, 4.69) is 15.4 Å². The quantitative estimate of drug-likeness (QED) is 0.823. The highest BCUT2D eigenvalue weighted by atomic mass is 16.7. The summed E-state index contributed by atoms with van der Waals surface area (Å²) in [6.07, 6.45) is 4.40. The lowest BCUT2D eigenvalue weighted by atomic mass is 9.85. The summed E-state index contributed by atoms with van der Waals surface area (Å²) >= 11 is 0. The first-order chi connectivity index (χ1) is 8.83. The van der Waals surface area contributed by atoms with Gasteiger partial charge >= 0.3 is 0 Å². The molecule has 0 aromatic carbocycles. The molecule has 2 aliphatic rings. The maximum Gasteiger partial charge on any atom is 0.221 e. The van der Waals surface area contributed by atoms with E-state index in [1.165, 1.54) is 19.3 Å². The van der Waals surface area contributed by atoms with E-state index >= 15 is 0 Å². The highest BCUT2D eigenvalue weighted by molar-refractivity contribution is 5.29. The second-order valence-electron chi connectivity index (χ2n) is 4.99. The smallest absolute Gasteiger partial charge is 0.221 e. The Morgan fingerprint density at radius 1 is 1.28 bits per heavy atom. The molecule has 1 saturated carbocycles. The van der Waals surface area contributed by atoms with Crippen molar-refractivity contribution >= 4 is 5.95 Å². The monoisotopic (exact) mass is 252 g/mol. The Kier molecular flexibility index (Phi) is 3.22. The Morgan fingerprint density at radius 2 is 2.06 bits per heavy atom. The molecule has 1 aliphatic heterocycles. The molecule has 0 bridgehead atoms. The number of anilines is 1. The molecule has 1 aliphatic carbocycles. The Bertz CT molecular complexity index is 412. The Balaban J connectivity index is 1.87. The molecule has 100 valence electrons. The second-order valence-corrected chi connectivity index (χ2v) is 4.99. The van der Waals surface area contributed by atoms with E-state index in [1.807, 2.05) is 4.68 Å². The van der Waals surface area contributed by atoms with Crippen LogP contribution < -0.4 is 5.32 Å². The number of fused-ring (bicyclic) bond motifs is 1. The van der Waals surface area contributed by atoms with E-state index in [9.17, 15) is 0 Å². The third-order valence-electron chi connectivity index (χ3n) is 3.93. The van der Waals surface area contributed by atoms with Gasteiger partial charge in [0.15, 0.2) is 12.1 Å². The van der Waals surface area contributed by atoms with E-state index in [-0.39, 0.29) is 12.3 Å². The lowest BCUT2D eigenvalue weighted by Gasteiger charge is -2.29. The molecule has 1 aromatic heterocycles. The molecular weight excluding hydrogens is 232 g/mol. The minimum Gasteiger partial charge on any atom is -0.354 e. The minimum atomic E-state index is -0.262. The maximum absolute atomic E-state index is 5.37. The first-order valence-electron chi connectivity index (χ1n) is 6.59. The molecule has 1 unspecified atom stereocenters. The molecule has 3 rings (SSSR count). The van der Waals surface area contributed by atoms with Gasteiger partial charge in [0.05, 0.1) is 0 Å². The maximum atomic E-state index is 5.37. The zero-order chi connectivity index (χ0) is 12.5. The Labute approximate surface area is 107 Å². The van der Waals surface area contributed by atoms with Crippen molar-refractivity contribution in [2.45, 2.75) is 43.9 Å². The molecule has 1 N–H and O–H groups in total. The van der Waals surface area contributed by atoms with Gasteiger partial charge in [-0.15, -0.1) is 0 Å². The van der Waals surface area contributed by atoms with Gasteiger partial charge in [0.1, 0.15) is 6.04 Å². The Morgan fingerprint density at radius 3 is 2.67 bits per heavy atom. The van der Waals surface area contributed by atoms with Gasteiger partial charge < -0.3 is 14.8 Å². The number of ether oxygens (including phenoxy) is 2. The number of hydrogen-bond donors (Lipinski definition) is 1. The second kappa shape index (κ2) is 4.85. The van der Waals surface area contributed by atoms with Crippen molar-refractivity contribution in [2.24, 2.45) is 0 Å². The fourth-order valence-corrected chi connectivity index (χ4v) is 2.65. The largest absolute Gasteiger partial charge is 0.354 e. The number of aromatic nitrogens is 3. The summed E-state index contributed by atoms with van der Waals surface area (Å²) in [6.45, 7) is 0.886. The van der Waals surface area contributed by atoms with Gasteiger partial charge in [-0.1, -0.05) is 6.42 Å². The summed E-state index contributed by atoms with van der Waals surface area (Å²) in [5.74, 6) is 2.38. The van der Waals surface area contributed by atoms with Crippen molar-refractivity contribution in [3.8, 4) is 0 Å². The minimum absolute atomic E-state index is 0.109. The standard InChI is InChI=1S/C12H20N4O2/c1-17-11(18-2)9-6-7-13-12-14-10(15-16(9)12)8-4-3-5-8/h8-9,11H,3-7H2,1-2H3,(H,13,14,15). The zero-order valence-electron chi connectivity index (χ0n) is 10.9. The predicted molar refractivity (Wildman–Crippen MR) is 66.6 cm³/mol. The fraction of sp³-hybridized carbons (Fsp3) is 0.833. The van der Waals surface area contributed by atoms with E-state index in [0.29, 0.717) is 5.92 Å². The molecule has 0 amide bonds. The number of nitrogens with zero attached hydrogens (tertiary/aromatic N) is 3. The fourth-order valence-electron chi connectivity index (χ4n) is 2.65. The summed E-state index contributed by atoms with van der Waals surface area (Å²) in [5.41, 5.74) is 0. The van der Waals surface area contributed by atoms with Crippen molar-refractivity contribution in [3.05, 3.63) is 5.82 Å². The first kappa shape index (κ1) is 11.9. The summed E-state index contributed by atoms with van der Waals surface area (Å²) in [6, 6.07) is 0.109. The molecule has 18 heavy (non-hydrogen) atoms. The van der Waals surface area contributed by atoms with Crippen LogP contribution in [0.15, 0.2) is 0 Å². The summed E-state index contributed by atoms with van der Waals surface area (Å²) in [4.78, 5) is 4.60. The molecular formula is C12H20N4O2. The van der Waals surface area contributed by atoms with Crippen LogP contribution in [0.3, 0.4) is 0 Å². The van der Waals surface area contributed by atoms with Crippen LogP contribution in [0.2, 0.25) is 0 Å². The van der Waals surface area contributed by atoms with Crippen LogP contribution in [0, 0.1) is 0 Å². The van der Waals surface area contributed by atoms with Crippen molar-refractivity contribution in [3.63, 3.8) is 0 Å². The van der Waals surface area contributed by atoms with E-state index in [1.54, 1.807) is 14.2 Å². The number of nitrogens with one attached hydrogen (secondary N) is 1. The Hall–Kier alpha value is -1.14. The van der Waals surface area contributed by atoms with Gasteiger partial charge in [-0.25, -0.2) is 4.68 Å². The normalized spacial score (nSPS) is 23.6. The van der Waals surface area contributed by atoms with Crippen LogP contribution in [0.1, 0.15) is 43.5 Å². The van der Waals surface area contributed by atoms with Crippen LogP contribution in [-0.4, -0.2) is 41.8 Å². The van der Waals surface area contributed by atoms with Crippen molar-refractivity contribution in [2.75, 3.05) is 26.1 Å². The van der Waals surface area contributed by atoms with Gasteiger partial charge in [0, 0.05) is 26.7 Å². The third kappa shape index (κ3) is 1.89. The van der Waals surface area contributed by atoms with Gasteiger partial charge in [-0.2, -0.15) is 10.1 Å². The molecule has 0 saturated heterocycles. The van der Waals surface area contributed by atoms with E-state index < -0.39 is 0 Å². The molecule has 1 fully saturated rings. The lowest BCUT2D eigenvalue weighted by molar-refractivity contribution is -0.135. The summed E-state index contributed by atoms with van der Waals surface area (Å²) < 4.78 is 12.7. The molecule has 2 heterocycles. The van der Waals surface area contributed by atoms with Gasteiger partial charge in [0.2, 0.25) is 5.95 Å². The van der Waals surface area contributed by atoms with Crippen LogP contribution in [-0.2, 0) is 9.47 Å². The number of rotatable bonds is 4. The highest BCUT2D eigenvalue weighted by Crippen LogP contribution is 2.36. The topological polar surface area (TPSA) is 61.2 Å². The molecule has 6 heteroatoms. The molecule has 0 spiro atoms. The average molecular weight is 252 g/mol. The third-order valence-corrected chi connectivity index (χ3v) is 3.93. The SMILES string of the molecule is COC(OC)C1CCNc2nc(C3CCC3)nn21. The van der Waals surface area contributed by atoms with Gasteiger partial charge in [-0.3, -0.25) is 0 Å². The zero-order valence-corrected chi connectivity index (χ0v) is 10.9. The van der Waals surface area contributed by atoms with Crippen LogP contribution in [0.5, 0.6) is 0 Å². The predicted octanol–water partition coefficient (Wildman–Crippen LogP) is 1.52. The van der Waals surface area contributed by atoms with E-state index in [4.69, 9.17) is 9.47 Å². The van der Waals surface area contributed by atoms with Crippen molar-refractivity contribution < 1.29 is 9.47 Å². The van der Waals surface area contributed by atoms with Gasteiger partial charge in [0.25, 0.3) is 0 Å². The van der Waals surface area contributed by atoms with Crippen molar-refractivity contribution in [1.29, 1.82) is 0 Å². The van der Waals surface area contributed by atoms with Gasteiger partial charge in [-0.05, 0) is 19.3 Å². The first-order valence-corrected chi connectivity index (χ1v) is 6.59. The molecule has 1 atom stereocenters. The lowest BCUT2D eigenvalue weighted by Crippen LogP contribution is -2.34. The number of methoxy groups -OCH3 is 2. The summed E-state index contributed by atoms with van der Waals surface area (Å²) in [5, 5.41) is 7.95. The van der Waals surface area contributed by atoms with E-state index in [0.717, 1.165) is 24.7 Å². The molecule has 0 radical (unpaired) electrons. The highest BCUT2D eigenvalue weighted by Gasteiger charge is 2.32. The van der Waals surface area contributed by atoms with Crippen LogP contribution in [0.25, 0.3) is 0 Å². The number of hydrogen-bond acceptors (Lipinski definition) is 5. The van der Waals surface area contributed by atoms with Crippen molar-refractivity contribution in [1.82, 2.24) is 14.8 Å². The average Bonchev–Trinajstić information content (AvgIpc) is 2.72. The molecule has 6 nitrogen and oxygen atoms in total. The van der Waals surface area contributed by atoms with Crippen LogP contribution in [0.4, 0.5) is 5.95 Å². The van der Waals surface area contributed by atoms with Crippen LogP contribution >= 0.6 is 0 Å². The summed E-state index contributed by atoms with van der Waals surface area (Å²) in [7, 11) is 3.33.